The van der Waals surface area contributed by atoms with E-state index >= 15 is 0 Å². The number of hydrogen-bond donors (Lipinski definition) is 1. The van der Waals surface area contributed by atoms with Crippen LogP contribution < -0.4 is 15.0 Å². The fourth-order valence-corrected chi connectivity index (χ4v) is 3.49. The molecular formula is C20H24N6O2S. The number of methoxy groups -OCH3 is 1. The minimum Gasteiger partial charge on any atom is -0.497 e. The maximum absolute atomic E-state index is 12.3. The quantitative estimate of drug-likeness (QED) is 0.569. The number of carbonyl (C=O) groups excluding carboxylic acids is 1. The Hall–Kier alpha value is -3.07. The monoisotopic (exact) mass is 412 g/mol. The van der Waals surface area contributed by atoms with E-state index in [1.54, 1.807) is 13.3 Å². The number of hydrogen-bond acceptors (Lipinski definition) is 7. The molecule has 0 aliphatic rings. The number of aryl methyl sites for hydroxylation is 1. The van der Waals surface area contributed by atoms with Gasteiger partial charge < -0.3 is 15.0 Å². The summed E-state index contributed by atoms with van der Waals surface area (Å²) in [5.41, 5.74) is 1.92. The van der Waals surface area contributed by atoms with Crippen LogP contribution in [0.3, 0.4) is 0 Å². The molecule has 1 aromatic carbocycles. The van der Waals surface area contributed by atoms with Gasteiger partial charge in [0.2, 0.25) is 5.91 Å². The van der Waals surface area contributed by atoms with E-state index in [1.807, 2.05) is 66.9 Å². The van der Waals surface area contributed by atoms with Crippen LogP contribution in [0.15, 0.2) is 47.8 Å². The molecular weight excluding hydrogens is 388 g/mol. The first-order valence-electron chi connectivity index (χ1n) is 9.06. The Morgan fingerprint density at radius 1 is 1.21 bits per heavy atom. The molecule has 0 saturated carbocycles. The lowest BCUT2D eigenvalue weighted by Gasteiger charge is -2.12. The van der Waals surface area contributed by atoms with Crippen LogP contribution in [-0.4, -0.2) is 52.6 Å². The Balaban J connectivity index is 1.60. The molecule has 29 heavy (non-hydrogen) atoms. The smallest absolute Gasteiger partial charge is 0.230 e. The molecule has 2 heterocycles. The first-order chi connectivity index (χ1) is 14.0. The minimum atomic E-state index is -0.0693. The van der Waals surface area contributed by atoms with Crippen molar-refractivity contribution in [3.8, 4) is 11.4 Å². The summed E-state index contributed by atoms with van der Waals surface area (Å²) in [6, 6.07) is 11.5. The number of anilines is 1. The molecule has 2 aromatic heterocycles. The van der Waals surface area contributed by atoms with Crippen molar-refractivity contribution in [1.29, 1.82) is 0 Å². The van der Waals surface area contributed by atoms with Crippen LogP contribution in [0.5, 0.6) is 5.75 Å². The molecule has 0 atom stereocenters. The highest BCUT2D eigenvalue weighted by Gasteiger charge is 2.13. The summed E-state index contributed by atoms with van der Waals surface area (Å²) in [5, 5.41) is 12.0. The number of ether oxygens (including phenoxy) is 1. The van der Waals surface area contributed by atoms with E-state index in [0.29, 0.717) is 11.7 Å². The van der Waals surface area contributed by atoms with Gasteiger partial charge in [0.1, 0.15) is 17.4 Å². The number of benzene rings is 1. The number of aromatic nitrogens is 4. The van der Waals surface area contributed by atoms with Gasteiger partial charge in [0.15, 0.2) is 5.16 Å². The molecule has 1 amide bonds. The van der Waals surface area contributed by atoms with Crippen molar-refractivity contribution in [1.82, 2.24) is 25.1 Å². The molecule has 0 bridgehead atoms. The first kappa shape index (κ1) is 20.7. The standard InChI is InChI=1S/C20H24N6O2S/c1-14-23-24-20(26(14)16-5-7-17(28-4)8-6-16)29-13-19(27)22-12-15-9-10-21-18(11-15)25(2)3/h5-11H,12-13H2,1-4H3,(H,22,27). The van der Waals surface area contributed by atoms with Gasteiger partial charge in [-0.2, -0.15) is 0 Å². The molecule has 3 aromatic rings. The summed E-state index contributed by atoms with van der Waals surface area (Å²) in [6.07, 6.45) is 1.74. The Morgan fingerprint density at radius 3 is 2.66 bits per heavy atom. The molecule has 0 aliphatic carbocycles. The zero-order valence-corrected chi connectivity index (χ0v) is 17.7. The van der Waals surface area contributed by atoms with Crippen LogP contribution in [0.25, 0.3) is 5.69 Å². The van der Waals surface area contributed by atoms with Gasteiger partial charge >= 0.3 is 0 Å². The van der Waals surface area contributed by atoms with Gasteiger partial charge in [0.05, 0.1) is 12.9 Å². The Labute approximate surface area is 174 Å². The average molecular weight is 413 g/mol. The lowest BCUT2D eigenvalue weighted by molar-refractivity contribution is -0.118. The summed E-state index contributed by atoms with van der Waals surface area (Å²) in [5.74, 6) is 2.57. The molecule has 0 fully saturated rings. The third-order valence-electron chi connectivity index (χ3n) is 4.22. The van der Waals surface area contributed by atoms with Gasteiger partial charge in [-0.05, 0) is 48.9 Å². The number of amides is 1. The van der Waals surface area contributed by atoms with Gasteiger partial charge in [0.25, 0.3) is 0 Å². The Morgan fingerprint density at radius 2 is 1.97 bits per heavy atom. The molecule has 0 saturated heterocycles. The van der Waals surface area contributed by atoms with E-state index in [-0.39, 0.29) is 11.7 Å². The Kier molecular flexibility index (Phi) is 6.71. The second-order valence-corrected chi connectivity index (χ2v) is 7.49. The second-order valence-electron chi connectivity index (χ2n) is 6.55. The molecule has 152 valence electrons. The summed E-state index contributed by atoms with van der Waals surface area (Å²) in [6.45, 7) is 2.33. The number of nitrogens with zero attached hydrogens (tertiary/aromatic N) is 5. The van der Waals surface area contributed by atoms with E-state index in [1.165, 1.54) is 11.8 Å². The van der Waals surface area contributed by atoms with Gasteiger partial charge in [0, 0.05) is 32.5 Å². The number of thioether (sulfide) groups is 1. The summed E-state index contributed by atoms with van der Waals surface area (Å²) in [4.78, 5) is 18.5. The summed E-state index contributed by atoms with van der Waals surface area (Å²) in [7, 11) is 5.50. The predicted molar refractivity (Wildman–Crippen MR) is 114 cm³/mol. The average Bonchev–Trinajstić information content (AvgIpc) is 3.11. The van der Waals surface area contributed by atoms with Crippen LogP contribution in [0.4, 0.5) is 5.82 Å². The van der Waals surface area contributed by atoms with Crippen molar-refractivity contribution >= 4 is 23.5 Å². The van der Waals surface area contributed by atoms with Crippen LogP contribution >= 0.6 is 11.8 Å². The highest BCUT2D eigenvalue weighted by molar-refractivity contribution is 7.99. The molecule has 0 unspecified atom stereocenters. The largest absolute Gasteiger partial charge is 0.497 e. The van der Waals surface area contributed by atoms with E-state index in [0.717, 1.165) is 28.6 Å². The van der Waals surface area contributed by atoms with E-state index in [9.17, 15) is 4.79 Å². The van der Waals surface area contributed by atoms with Crippen molar-refractivity contribution in [2.24, 2.45) is 0 Å². The van der Waals surface area contributed by atoms with Gasteiger partial charge in [-0.15, -0.1) is 10.2 Å². The van der Waals surface area contributed by atoms with E-state index < -0.39 is 0 Å². The van der Waals surface area contributed by atoms with Crippen LogP contribution in [0, 0.1) is 6.92 Å². The number of nitrogens with one attached hydrogen (secondary N) is 1. The molecule has 0 aliphatic heterocycles. The molecule has 8 nitrogen and oxygen atoms in total. The lowest BCUT2D eigenvalue weighted by Crippen LogP contribution is -2.25. The number of pyridine rings is 1. The van der Waals surface area contributed by atoms with Crippen LogP contribution in [0.1, 0.15) is 11.4 Å². The molecule has 1 N–H and O–H groups in total. The zero-order chi connectivity index (χ0) is 20.8. The van der Waals surface area contributed by atoms with Gasteiger partial charge in [-0.3, -0.25) is 9.36 Å². The highest BCUT2D eigenvalue weighted by Crippen LogP contribution is 2.23. The van der Waals surface area contributed by atoms with Crippen LogP contribution in [0.2, 0.25) is 0 Å². The van der Waals surface area contributed by atoms with Gasteiger partial charge in [-0.1, -0.05) is 11.8 Å². The molecule has 0 radical (unpaired) electrons. The molecule has 0 spiro atoms. The van der Waals surface area contributed by atoms with Gasteiger partial charge in [-0.25, -0.2) is 4.98 Å². The SMILES string of the molecule is COc1ccc(-n2c(C)nnc2SCC(=O)NCc2ccnc(N(C)C)c2)cc1. The minimum absolute atomic E-state index is 0.0693. The fraction of sp³-hybridized carbons (Fsp3) is 0.300. The number of carbonyl (C=O) groups is 1. The van der Waals surface area contributed by atoms with E-state index in [4.69, 9.17) is 4.74 Å². The topological polar surface area (TPSA) is 85.2 Å². The normalized spacial score (nSPS) is 10.6. The van der Waals surface area contributed by atoms with E-state index in [2.05, 4.69) is 20.5 Å². The molecule has 3 rings (SSSR count). The van der Waals surface area contributed by atoms with Crippen molar-refractivity contribution in [3.63, 3.8) is 0 Å². The van der Waals surface area contributed by atoms with Crippen molar-refractivity contribution in [3.05, 3.63) is 54.0 Å². The molecule has 9 heteroatoms. The predicted octanol–water partition coefficient (Wildman–Crippen LogP) is 2.45. The van der Waals surface area contributed by atoms with Crippen molar-refractivity contribution in [2.75, 3.05) is 31.9 Å². The fourth-order valence-electron chi connectivity index (χ4n) is 2.66. The number of rotatable bonds is 8. The maximum Gasteiger partial charge on any atom is 0.230 e. The summed E-state index contributed by atoms with van der Waals surface area (Å²) < 4.78 is 7.12. The van der Waals surface area contributed by atoms with Crippen molar-refractivity contribution in [2.45, 2.75) is 18.6 Å². The first-order valence-corrected chi connectivity index (χ1v) is 10.0. The third kappa shape index (κ3) is 5.26. The van der Waals surface area contributed by atoms with Crippen LogP contribution in [-0.2, 0) is 11.3 Å². The highest BCUT2D eigenvalue weighted by atomic mass is 32.2. The lowest BCUT2D eigenvalue weighted by atomic mass is 10.2. The Bertz CT molecular complexity index is 971. The summed E-state index contributed by atoms with van der Waals surface area (Å²) >= 11 is 1.35. The van der Waals surface area contributed by atoms with Crippen molar-refractivity contribution < 1.29 is 9.53 Å². The second kappa shape index (κ2) is 9.42. The third-order valence-corrected chi connectivity index (χ3v) is 5.14. The zero-order valence-electron chi connectivity index (χ0n) is 16.9. The maximum atomic E-state index is 12.3.